The van der Waals surface area contributed by atoms with Gasteiger partial charge in [0.15, 0.2) is 0 Å². The van der Waals surface area contributed by atoms with Gasteiger partial charge in [-0.1, -0.05) is 107 Å². The second-order valence-electron chi connectivity index (χ2n) is 14.3. The molecule has 5 nitrogen and oxygen atoms in total. The van der Waals surface area contributed by atoms with Gasteiger partial charge >= 0.3 is 21.1 Å². The summed E-state index contributed by atoms with van der Waals surface area (Å²) in [5.74, 6) is 2.82. The number of imidazole rings is 1. The summed E-state index contributed by atoms with van der Waals surface area (Å²) in [6, 6.07) is 49.0. The van der Waals surface area contributed by atoms with Crippen LogP contribution in [0.2, 0.25) is 0 Å². The van der Waals surface area contributed by atoms with Crippen molar-refractivity contribution in [3.8, 4) is 34.4 Å². The molecule has 5 aromatic carbocycles. The fourth-order valence-electron chi connectivity index (χ4n) is 6.70. The first-order valence-electron chi connectivity index (χ1n) is 17.0. The Hall–Kier alpha value is -5.25. The average Bonchev–Trinajstić information content (AvgIpc) is 3.75. The van der Waals surface area contributed by atoms with Crippen molar-refractivity contribution in [2.24, 2.45) is 0 Å². The first-order valence-corrected chi connectivity index (χ1v) is 17.0. The summed E-state index contributed by atoms with van der Waals surface area (Å²) in [5, 5.41) is 2.23. The predicted molar refractivity (Wildman–Crippen MR) is 203 cm³/mol. The maximum absolute atomic E-state index is 6.49. The summed E-state index contributed by atoms with van der Waals surface area (Å²) in [4.78, 5) is 9.54. The zero-order valence-corrected chi connectivity index (χ0v) is 31.6. The van der Waals surface area contributed by atoms with Crippen LogP contribution in [-0.4, -0.2) is 19.1 Å². The average molecular weight is 846 g/mol. The van der Waals surface area contributed by atoms with Gasteiger partial charge in [0, 0.05) is 46.7 Å². The van der Waals surface area contributed by atoms with Gasteiger partial charge in [-0.05, 0) is 57.8 Å². The van der Waals surface area contributed by atoms with Gasteiger partial charge in [0.2, 0.25) is 0 Å². The van der Waals surface area contributed by atoms with Crippen molar-refractivity contribution in [3.63, 3.8) is 0 Å². The van der Waals surface area contributed by atoms with E-state index in [1.54, 1.807) is 6.20 Å². The van der Waals surface area contributed by atoms with Gasteiger partial charge in [0.1, 0.15) is 5.82 Å². The number of rotatable bonds is 7. The molecule has 0 bridgehead atoms. The first kappa shape index (κ1) is 34.2. The van der Waals surface area contributed by atoms with Gasteiger partial charge in [-0.25, -0.2) is 4.98 Å². The number of benzene rings is 5. The SMILES string of the molecule is CC(C)(C)c1ccnc(-n2c3[c-]c(Oc4[c-]c(-c5nccn5-c5ccccc5)ccc4)ccc3c3cc(C(C)(C)c4ccccc4)ccc32)c1.[Pt+2]. The van der Waals surface area contributed by atoms with Crippen LogP contribution in [0.4, 0.5) is 0 Å². The number of aromatic nitrogens is 4. The van der Waals surface area contributed by atoms with E-state index < -0.39 is 0 Å². The second kappa shape index (κ2) is 13.5. The van der Waals surface area contributed by atoms with Gasteiger partial charge in [-0.2, -0.15) is 6.07 Å². The predicted octanol–water partition coefficient (Wildman–Crippen LogP) is 11.0. The number of para-hydroxylation sites is 1. The van der Waals surface area contributed by atoms with E-state index in [9.17, 15) is 0 Å². The number of pyridine rings is 1. The maximum Gasteiger partial charge on any atom is 2.00 e. The van der Waals surface area contributed by atoms with E-state index in [0.29, 0.717) is 11.5 Å². The summed E-state index contributed by atoms with van der Waals surface area (Å²) >= 11 is 0. The third-order valence-corrected chi connectivity index (χ3v) is 9.61. The van der Waals surface area contributed by atoms with Crippen LogP contribution < -0.4 is 4.74 Å². The van der Waals surface area contributed by atoms with Crippen LogP contribution in [0.15, 0.2) is 140 Å². The molecular formula is C45H38N4OPt. The van der Waals surface area contributed by atoms with Crippen LogP contribution in [0.5, 0.6) is 11.5 Å². The van der Waals surface area contributed by atoms with Crippen LogP contribution in [-0.2, 0) is 31.9 Å². The quantitative estimate of drug-likeness (QED) is 0.150. The van der Waals surface area contributed by atoms with Gasteiger partial charge in [0.05, 0.1) is 5.82 Å². The number of nitrogens with zero attached hydrogens (tertiary/aromatic N) is 4. The molecule has 0 aliphatic carbocycles. The molecule has 0 aliphatic rings. The Bertz CT molecular complexity index is 2470. The van der Waals surface area contributed by atoms with Crippen molar-refractivity contribution < 1.29 is 25.8 Å². The molecule has 0 N–H and O–H groups in total. The van der Waals surface area contributed by atoms with Crippen molar-refractivity contribution in [1.29, 1.82) is 0 Å². The largest absolute Gasteiger partial charge is 2.00 e. The zero-order valence-electron chi connectivity index (χ0n) is 29.3. The van der Waals surface area contributed by atoms with Crippen LogP contribution in [0.1, 0.15) is 51.3 Å². The van der Waals surface area contributed by atoms with Gasteiger partial charge in [-0.15, -0.1) is 41.3 Å². The Balaban J connectivity index is 0.00000406. The monoisotopic (exact) mass is 845 g/mol. The van der Waals surface area contributed by atoms with Gasteiger partial charge in [-0.3, -0.25) is 4.98 Å². The number of hydrogen-bond acceptors (Lipinski definition) is 3. The normalized spacial score (nSPS) is 11.9. The minimum Gasteiger partial charge on any atom is -0.503 e. The molecule has 0 aliphatic heterocycles. The Morgan fingerprint density at radius 3 is 2.12 bits per heavy atom. The molecule has 0 amide bonds. The van der Waals surface area contributed by atoms with Crippen molar-refractivity contribution >= 4 is 21.8 Å². The van der Waals surface area contributed by atoms with Crippen molar-refractivity contribution in [2.75, 3.05) is 0 Å². The molecule has 8 aromatic rings. The second-order valence-corrected chi connectivity index (χ2v) is 14.3. The van der Waals surface area contributed by atoms with E-state index in [4.69, 9.17) is 9.72 Å². The van der Waals surface area contributed by atoms with E-state index in [1.165, 1.54) is 16.7 Å². The fraction of sp³-hybridized carbons (Fsp3) is 0.156. The smallest absolute Gasteiger partial charge is 0.503 e. The summed E-state index contributed by atoms with van der Waals surface area (Å²) < 4.78 is 10.8. The molecule has 254 valence electrons. The molecule has 0 unspecified atom stereocenters. The Kier molecular flexibility index (Phi) is 9.03. The van der Waals surface area contributed by atoms with Gasteiger partial charge < -0.3 is 13.9 Å². The van der Waals surface area contributed by atoms with E-state index >= 15 is 0 Å². The molecule has 8 rings (SSSR count). The maximum atomic E-state index is 6.49. The molecule has 3 heterocycles. The van der Waals surface area contributed by atoms with Crippen LogP contribution in [0.25, 0.3) is 44.7 Å². The first-order chi connectivity index (χ1) is 24.2. The molecule has 0 saturated heterocycles. The summed E-state index contributed by atoms with van der Waals surface area (Å²) in [7, 11) is 0. The van der Waals surface area contributed by atoms with Gasteiger partial charge in [0.25, 0.3) is 0 Å². The molecule has 0 fully saturated rings. The molecule has 0 saturated carbocycles. The summed E-state index contributed by atoms with van der Waals surface area (Å²) in [6.07, 6.45) is 5.67. The van der Waals surface area contributed by atoms with Crippen LogP contribution in [0, 0.1) is 12.1 Å². The standard InChI is InChI=1S/C45H38N4O.Pt/c1-44(2,3)33-23-24-46-42(29-33)49-40-22-19-34(45(4,5)32-14-8-6-9-15-32)28-39(40)38-21-20-37(30-41(38)49)50-36-18-12-13-31(27-36)43-47-25-26-48(43)35-16-10-7-11-17-35;/h6-26,28-29H,1-5H3;/q-2;+2. The van der Waals surface area contributed by atoms with E-state index in [-0.39, 0.29) is 31.9 Å². The molecule has 3 aromatic heterocycles. The van der Waals surface area contributed by atoms with Crippen molar-refractivity contribution in [1.82, 2.24) is 19.1 Å². The zero-order chi connectivity index (χ0) is 34.5. The van der Waals surface area contributed by atoms with E-state index in [2.05, 4.69) is 140 Å². The van der Waals surface area contributed by atoms with Crippen molar-refractivity contribution in [2.45, 2.75) is 45.4 Å². The van der Waals surface area contributed by atoms with E-state index in [0.717, 1.165) is 44.7 Å². The van der Waals surface area contributed by atoms with E-state index in [1.807, 2.05) is 54.9 Å². The number of ether oxygens (including phenoxy) is 1. The van der Waals surface area contributed by atoms with Crippen molar-refractivity contribution in [3.05, 3.63) is 169 Å². The third-order valence-electron chi connectivity index (χ3n) is 9.61. The minimum atomic E-state index is -0.183. The summed E-state index contributed by atoms with van der Waals surface area (Å²) in [6.45, 7) is 11.2. The number of fused-ring (bicyclic) bond motifs is 3. The Morgan fingerprint density at radius 2 is 1.35 bits per heavy atom. The van der Waals surface area contributed by atoms with Crippen LogP contribution in [0.3, 0.4) is 0 Å². The molecule has 51 heavy (non-hydrogen) atoms. The molecular weight excluding hydrogens is 808 g/mol. The van der Waals surface area contributed by atoms with Crippen LogP contribution >= 0.6 is 0 Å². The fourth-order valence-corrected chi connectivity index (χ4v) is 6.70. The third kappa shape index (κ3) is 6.43. The Morgan fingerprint density at radius 1 is 0.608 bits per heavy atom. The topological polar surface area (TPSA) is 44.9 Å². The molecule has 6 heteroatoms. The molecule has 0 radical (unpaired) electrons. The summed E-state index contributed by atoms with van der Waals surface area (Å²) in [5.41, 5.74) is 7.36. The Labute approximate surface area is 313 Å². The molecule has 0 spiro atoms. The minimum absolute atomic E-state index is 0. The number of hydrogen-bond donors (Lipinski definition) is 0. The molecule has 0 atom stereocenters.